The molecule has 5 nitrogen and oxygen atoms in total. The summed E-state index contributed by atoms with van der Waals surface area (Å²) in [5.41, 5.74) is -0.967. The fourth-order valence-electron chi connectivity index (χ4n) is 3.41. The number of fused-ring (bicyclic) bond motifs is 1. The Morgan fingerprint density at radius 3 is 2.55 bits per heavy atom. The number of hydrogen-bond donors (Lipinski definition) is 1. The zero-order chi connectivity index (χ0) is 20.8. The Balaban J connectivity index is 1.80. The molecule has 0 saturated heterocycles. The Bertz CT molecular complexity index is 1070. The van der Waals surface area contributed by atoms with Gasteiger partial charge < -0.3 is 5.32 Å². The number of rotatable bonds is 3. The fraction of sp³-hybridized carbons (Fsp3) is 0.389. The molecule has 29 heavy (non-hydrogen) atoms. The van der Waals surface area contributed by atoms with Crippen LogP contribution in [0.4, 0.5) is 13.2 Å². The Labute approximate surface area is 185 Å². The molecule has 4 rings (SSSR count). The summed E-state index contributed by atoms with van der Waals surface area (Å²) in [5.74, 6) is -0.497. The van der Waals surface area contributed by atoms with E-state index in [2.05, 4.69) is 47.3 Å². The van der Waals surface area contributed by atoms with E-state index >= 15 is 0 Å². The number of halogens is 5. The molecule has 0 aromatic carbocycles. The van der Waals surface area contributed by atoms with Crippen LogP contribution in [-0.2, 0) is 6.18 Å². The lowest BCUT2D eigenvalue weighted by Crippen LogP contribution is -2.36. The first-order chi connectivity index (χ1) is 13.7. The maximum absolute atomic E-state index is 13.7. The van der Waals surface area contributed by atoms with Crippen LogP contribution < -0.4 is 5.32 Å². The molecule has 0 atom stereocenters. The van der Waals surface area contributed by atoms with Gasteiger partial charge in [0.1, 0.15) is 0 Å². The summed E-state index contributed by atoms with van der Waals surface area (Å²) in [6.07, 6.45) is 0.242. The number of thiophene rings is 1. The van der Waals surface area contributed by atoms with Crippen LogP contribution >= 0.6 is 43.2 Å². The average Bonchev–Trinajstić information content (AvgIpc) is 3.25. The van der Waals surface area contributed by atoms with Crippen molar-refractivity contribution in [3.05, 3.63) is 37.8 Å². The largest absolute Gasteiger partial charge is 0.433 e. The molecule has 1 amide bonds. The highest BCUT2D eigenvalue weighted by Crippen LogP contribution is 2.36. The molecule has 1 N–H and O–H groups in total. The molecular weight excluding hydrogens is 537 g/mol. The highest BCUT2D eigenvalue weighted by Gasteiger charge is 2.37. The monoisotopic (exact) mass is 550 g/mol. The van der Waals surface area contributed by atoms with Crippen molar-refractivity contribution in [2.75, 3.05) is 0 Å². The molecule has 1 aliphatic carbocycles. The molecule has 154 valence electrons. The number of aromatic nitrogens is 3. The molecule has 1 aliphatic rings. The Morgan fingerprint density at radius 1 is 1.21 bits per heavy atom. The third-order valence-electron chi connectivity index (χ3n) is 4.80. The molecule has 0 bridgehead atoms. The van der Waals surface area contributed by atoms with E-state index in [1.165, 1.54) is 11.3 Å². The summed E-state index contributed by atoms with van der Waals surface area (Å²) in [6, 6.07) is 2.67. The van der Waals surface area contributed by atoms with Crippen LogP contribution in [-0.4, -0.2) is 26.5 Å². The van der Waals surface area contributed by atoms with Gasteiger partial charge in [-0.15, -0.1) is 11.3 Å². The van der Waals surface area contributed by atoms with Gasteiger partial charge in [-0.3, -0.25) is 4.79 Å². The molecular formula is C18H15Br2F3N4OS. The first kappa shape index (κ1) is 20.8. The Morgan fingerprint density at radius 2 is 1.93 bits per heavy atom. The van der Waals surface area contributed by atoms with Crippen LogP contribution in [0.25, 0.3) is 16.2 Å². The van der Waals surface area contributed by atoms with Crippen LogP contribution in [0, 0.1) is 0 Å². The second-order valence-electron chi connectivity index (χ2n) is 6.86. The standard InChI is InChI=1S/C18H15Br2F3N4OS/c19-9-6-12(29-8-9)11-7-13(18(21,22)23)27-16(25-11)14(20)15(26-27)17(28)24-10-4-2-1-3-5-10/h6-8,10H,1-5H2,(H,24,28). The van der Waals surface area contributed by atoms with Crippen molar-refractivity contribution < 1.29 is 18.0 Å². The van der Waals surface area contributed by atoms with Crippen molar-refractivity contribution in [1.82, 2.24) is 19.9 Å². The van der Waals surface area contributed by atoms with E-state index < -0.39 is 17.8 Å². The minimum atomic E-state index is -4.66. The smallest absolute Gasteiger partial charge is 0.348 e. The summed E-state index contributed by atoms with van der Waals surface area (Å²) in [4.78, 5) is 17.6. The molecule has 0 unspecified atom stereocenters. The number of hydrogen-bond acceptors (Lipinski definition) is 4. The van der Waals surface area contributed by atoms with Crippen molar-refractivity contribution in [2.45, 2.75) is 44.3 Å². The van der Waals surface area contributed by atoms with Crippen LogP contribution in [0.3, 0.4) is 0 Å². The minimum Gasteiger partial charge on any atom is -0.348 e. The van der Waals surface area contributed by atoms with Gasteiger partial charge in [0.15, 0.2) is 17.0 Å². The third-order valence-corrected chi connectivity index (χ3v) is 7.24. The zero-order valence-electron chi connectivity index (χ0n) is 14.9. The SMILES string of the molecule is O=C(NC1CCCCC1)c1nn2c(C(F)(F)F)cc(-c3cc(Br)cs3)nc2c1Br. The molecule has 11 heteroatoms. The van der Waals surface area contributed by atoms with Crippen LogP contribution in [0.1, 0.15) is 48.3 Å². The summed E-state index contributed by atoms with van der Waals surface area (Å²) in [7, 11) is 0. The van der Waals surface area contributed by atoms with E-state index in [1.807, 2.05) is 0 Å². The molecule has 3 aromatic heterocycles. The molecule has 3 aromatic rings. The predicted octanol–water partition coefficient (Wildman–Crippen LogP) is 6.06. The summed E-state index contributed by atoms with van der Waals surface area (Å²) >= 11 is 7.82. The van der Waals surface area contributed by atoms with Gasteiger partial charge in [-0.05, 0) is 56.8 Å². The second kappa shape index (κ2) is 7.99. The maximum Gasteiger partial charge on any atom is 0.433 e. The topological polar surface area (TPSA) is 59.3 Å². The van der Waals surface area contributed by atoms with Gasteiger partial charge in [0.25, 0.3) is 5.91 Å². The number of alkyl halides is 3. The van der Waals surface area contributed by atoms with Crippen molar-refractivity contribution in [2.24, 2.45) is 0 Å². The lowest BCUT2D eigenvalue weighted by Gasteiger charge is -2.22. The Hall–Kier alpha value is -1.46. The fourth-order valence-corrected chi connectivity index (χ4v) is 5.32. The Kier molecular flexibility index (Phi) is 5.73. The van der Waals surface area contributed by atoms with Gasteiger partial charge in [0.05, 0.1) is 15.0 Å². The van der Waals surface area contributed by atoms with Crippen molar-refractivity contribution in [3.63, 3.8) is 0 Å². The van der Waals surface area contributed by atoms with Crippen molar-refractivity contribution >= 4 is 54.8 Å². The van der Waals surface area contributed by atoms with E-state index in [4.69, 9.17) is 0 Å². The second-order valence-corrected chi connectivity index (χ2v) is 9.48. The van der Waals surface area contributed by atoms with E-state index in [0.29, 0.717) is 9.39 Å². The highest BCUT2D eigenvalue weighted by molar-refractivity contribution is 9.11. The van der Waals surface area contributed by atoms with Gasteiger partial charge in [-0.1, -0.05) is 19.3 Å². The summed E-state index contributed by atoms with van der Waals surface area (Å²) < 4.78 is 42.8. The number of amides is 1. The number of nitrogens with zero attached hydrogens (tertiary/aromatic N) is 3. The van der Waals surface area contributed by atoms with Gasteiger partial charge in [-0.25, -0.2) is 9.50 Å². The number of carbonyl (C=O) groups excluding carboxylic acids is 1. The lowest BCUT2D eigenvalue weighted by molar-refractivity contribution is -0.142. The van der Waals surface area contributed by atoms with Crippen LogP contribution in [0.5, 0.6) is 0 Å². The lowest BCUT2D eigenvalue weighted by atomic mass is 9.95. The molecule has 1 fully saturated rings. The molecule has 0 spiro atoms. The van der Waals surface area contributed by atoms with Crippen LogP contribution in [0.15, 0.2) is 26.5 Å². The first-order valence-electron chi connectivity index (χ1n) is 8.96. The average molecular weight is 552 g/mol. The van der Waals surface area contributed by atoms with Gasteiger partial charge in [-0.2, -0.15) is 18.3 Å². The van der Waals surface area contributed by atoms with E-state index in [9.17, 15) is 18.0 Å². The van der Waals surface area contributed by atoms with Gasteiger partial charge in [0.2, 0.25) is 0 Å². The minimum absolute atomic E-state index is 0.0158. The summed E-state index contributed by atoms with van der Waals surface area (Å²) in [6.45, 7) is 0. The third kappa shape index (κ3) is 4.22. The zero-order valence-corrected chi connectivity index (χ0v) is 18.9. The van der Waals surface area contributed by atoms with E-state index in [1.54, 1.807) is 11.4 Å². The van der Waals surface area contributed by atoms with Crippen molar-refractivity contribution in [1.29, 1.82) is 0 Å². The van der Waals surface area contributed by atoms with Crippen LogP contribution in [0.2, 0.25) is 0 Å². The number of nitrogens with one attached hydrogen (secondary N) is 1. The highest BCUT2D eigenvalue weighted by atomic mass is 79.9. The van der Waals surface area contributed by atoms with E-state index in [0.717, 1.165) is 42.6 Å². The first-order valence-corrected chi connectivity index (χ1v) is 11.4. The quantitative estimate of drug-likeness (QED) is 0.430. The molecule has 1 saturated carbocycles. The molecule has 3 heterocycles. The van der Waals surface area contributed by atoms with E-state index in [-0.39, 0.29) is 27.5 Å². The molecule has 0 radical (unpaired) electrons. The molecule has 0 aliphatic heterocycles. The summed E-state index contributed by atoms with van der Waals surface area (Å²) in [5, 5.41) is 8.61. The van der Waals surface area contributed by atoms with Gasteiger partial charge >= 0.3 is 6.18 Å². The maximum atomic E-state index is 13.7. The van der Waals surface area contributed by atoms with Gasteiger partial charge in [0, 0.05) is 15.9 Å². The number of carbonyl (C=O) groups is 1. The predicted molar refractivity (Wildman–Crippen MR) is 111 cm³/mol. The normalized spacial score (nSPS) is 15.8. The van der Waals surface area contributed by atoms with Crippen molar-refractivity contribution in [3.8, 4) is 10.6 Å².